The molecule has 2 rings (SSSR count). The second-order valence-electron chi connectivity index (χ2n) is 7.52. The molecular formula is C20H26N2O4S. The van der Waals surface area contributed by atoms with Crippen LogP contribution in [0.4, 0.5) is 5.69 Å². The standard InChI is InChI=1S/C20H26N2O4S/c1-15-7-5-6-8-18(15)22-27(24,25)17-11-9-16(10-12-17)26-13-19(23)21-14-20(2,3)4/h5-12,22H,13-14H2,1-4H3,(H,21,23). The number of nitrogens with one attached hydrogen (secondary N) is 2. The summed E-state index contributed by atoms with van der Waals surface area (Å²) in [5, 5.41) is 2.79. The number of hydrogen-bond acceptors (Lipinski definition) is 4. The first-order valence-corrected chi connectivity index (χ1v) is 10.1. The number of sulfonamides is 1. The van der Waals surface area contributed by atoms with Crippen molar-refractivity contribution >= 4 is 21.6 Å². The van der Waals surface area contributed by atoms with E-state index in [2.05, 4.69) is 10.0 Å². The maximum absolute atomic E-state index is 12.5. The fourth-order valence-electron chi connectivity index (χ4n) is 2.17. The lowest BCUT2D eigenvalue weighted by Crippen LogP contribution is -2.35. The monoisotopic (exact) mass is 390 g/mol. The van der Waals surface area contributed by atoms with Gasteiger partial charge < -0.3 is 10.1 Å². The molecule has 6 nitrogen and oxygen atoms in total. The summed E-state index contributed by atoms with van der Waals surface area (Å²) in [5.41, 5.74) is 1.37. The lowest BCUT2D eigenvalue weighted by molar-refractivity contribution is -0.123. The van der Waals surface area contributed by atoms with Gasteiger partial charge >= 0.3 is 0 Å². The highest BCUT2D eigenvalue weighted by Crippen LogP contribution is 2.21. The third-order valence-corrected chi connectivity index (χ3v) is 5.09. The molecule has 0 saturated heterocycles. The smallest absolute Gasteiger partial charge is 0.261 e. The van der Waals surface area contributed by atoms with Crippen molar-refractivity contribution in [1.82, 2.24) is 5.32 Å². The molecule has 0 saturated carbocycles. The molecule has 27 heavy (non-hydrogen) atoms. The lowest BCUT2D eigenvalue weighted by atomic mass is 9.97. The number of hydrogen-bond donors (Lipinski definition) is 2. The van der Waals surface area contributed by atoms with E-state index in [1.165, 1.54) is 24.3 Å². The van der Waals surface area contributed by atoms with Crippen LogP contribution >= 0.6 is 0 Å². The van der Waals surface area contributed by atoms with E-state index in [0.717, 1.165) is 5.56 Å². The Morgan fingerprint density at radius 1 is 1.04 bits per heavy atom. The van der Waals surface area contributed by atoms with E-state index in [-0.39, 0.29) is 22.8 Å². The minimum atomic E-state index is -3.69. The lowest BCUT2D eigenvalue weighted by Gasteiger charge is -2.18. The summed E-state index contributed by atoms with van der Waals surface area (Å²) in [7, 11) is -3.69. The number of amides is 1. The van der Waals surface area contributed by atoms with Gasteiger partial charge in [0.05, 0.1) is 10.6 Å². The predicted octanol–water partition coefficient (Wildman–Crippen LogP) is 3.34. The molecule has 1 amide bonds. The van der Waals surface area contributed by atoms with Gasteiger partial charge in [0.15, 0.2) is 6.61 Å². The van der Waals surface area contributed by atoms with Crippen LogP contribution in [0.25, 0.3) is 0 Å². The van der Waals surface area contributed by atoms with E-state index in [1.54, 1.807) is 12.1 Å². The first-order valence-electron chi connectivity index (χ1n) is 8.65. The average Bonchev–Trinajstić information content (AvgIpc) is 2.60. The molecule has 2 aromatic rings. The molecule has 0 spiro atoms. The highest BCUT2D eigenvalue weighted by molar-refractivity contribution is 7.92. The van der Waals surface area contributed by atoms with Crippen LogP contribution in [-0.2, 0) is 14.8 Å². The van der Waals surface area contributed by atoms with Crippen molar-refractivity contribution in [3.8, 4) is 5.75 Å². The van der Waals surface area contributed by atoms with Crippen LogP contribution in [0, 0.1) is 12.3 Å². The van der Waals surface area contributed by atoms with Gasteiger partial charge in [-0.3, -0.25) is 9.52 Å². The largest absolute Gasteiger partial charge is 0.484 e. The van der Waals surface area contributed by atoms with Gasteiger partial charge in [0.2, 0.25) is 0 Å². The van der Waals surface area contributed by atoms with E-state index >= 15 is 0 Å². The molecule has 0 aromatic heterocycles. The minimum absolute atomic E-state index is 0.00419. The molecule has 0 aliphatic rings. The van der Waals surface area contributed by atoms with Crippen molar-refractivity contribution in [1.29, 1.82) is 0 Å². The van der Waals surface area contributed by atoms with E-state index in [4.69, 9.17) is 4.74 Å². The van der Waals surface area contributed by atoms with Crippen LogP contribution in [-0.4, -0.2) is 27.5 Å². The van der Waals surface area contributed by atoms with Gasteiger partial charge in [-0.05, 0) is 48.2 Å². The zero-order chi connectivity index (χ0) is 20.1. The Labute approximate surface area is 161 Å². The zero-order valence-corrected chi connectivity index (χ0v) is 16.9. The maximum Gasteiger partial charge on any atom is 0.261 e. The molecule has 0 radical (unpaired) electrons. The van der Waals surface area contributed by atoms with Crippen molar-refractivity contribution in [3.63, 3.8) is 0 Å². The maximum atomic E-state index is 12.5. The summed E-state index contributed by atoms with van der Waals surface area (Å²) in [4.78, 5) is 11.9. The summed E-state index contributed by atoms with van der Waals surface area (Å²) in [6.45, 7) is 8.34. The first-order chi connectivity index (χ1) is 12.6. The number of aryl methyl sites for hydroxylation is 1. The molecule has 0 aliphatic heterocycles. The third-order valence-electron chi connectivity index (χ3n) is 3.71. The Bertz CT molecular complexity index is 885. The van der Waals surface area contributed by atoms with Crippen LogP contribution < -0.4 is 14.8 Å². The Morgan fingerprint density at radius 2 is 1.67 bits per heavy atom. The van der Waals surface area contributed by atoms with Gasteiger partial charge in [-0.25, -0.2) is 8.42 Å². The van der Waals surface area contributed by atoms with Crippen molar-refractivity contribution in [3.05, 3.63) is 54.1 Å². The summed E-state index contributed by atoms with van der Waals surface area (Å²) in [6, 6.07) is 13.1. The molecule has 0 atom stereocenters. The highest BCUT2D eigenvalue weighted by atomic mass is 32.2. The fourth-order valence-corrected chi connectivity index (χ4v) is 3.30. The van der Waals surface area contributed by atoms with Crippen molar-refractivity contribution < 1.29 is 17.9 Å². The average molecular weight is 391 g/mol. The van der Waals surface area contributed by atoms with Crippen LogP contribution in [0.1, 0.15) is 26.3 Å². The normalized spacial score (nSPS) is 11.7. The highest BCUT2D eigenvalue weighted by Gasteiger charge is 2.16. The van der Waals surface area contributed by atoms with Gasteiger partial charge in [-0.1, -0.05) is 39.0 Å². The number of ether oxygens (including phenoxy) is 1. The molecule has 7 heteroatoms. The summed E-state index contributed by atoms with van der Waals surface area (Å²) in [6.07, 6.45) is 0. The van der Waals surface area contributed by atoms with Gasteiger partial charge in [0.25, 0.3) is 15.9 Å². The number of anilines is 1. The summed E-state index contributed by atoms with van der Waals surface area (Å²) in [5.74, 6) is 0.207. The fraction of sp³-hybridized carbons (Fsp3) is 0.350. The second-order valence-corrected chi connectivity index (χ2v) is 9.20. The van der Waals surface area contributed by atoms with Crippen molar-refractivity contribution in [2.24, 2.45) is 5.41 Å². The minimum Gasteiger partial charge on any atom is -0.484 e. The van der Waals surface area contributed by atoms with E-state index in [1.807, 2.05) is 39.8 Å². The molecule has 0 unspecified atom stereocenters. The van der Waals surface area contributed by atoms with Gasteiger partial charge in [0, 0.05) is 6.54 Å². The number of para-hydroxylation sites is 1. The Balaban J connectivity index is 1.96. The molecule has 2 aromatic carbocycles. The van der Waals surface area contributed by atoms with E-state index < -0.39 is 10.0 Å². The van der Waals surface area contributed by atoms with Gasteiger partial charge in [-0.2, -0.15) is 0 Å². The number of carbonyl (C=O) groups excluding carboxylic acids is 1. The SMILES string of the molecule is Cc1ccccc1NS(=O)(=O)c1ccc(OCC(=O)NCC(C)(C)C)cc1. The molecule has 0 bridgehead atoms. The molecule has 0 fully saturated rings. The molecule has 0 heterocycles. The van der Waals surface area contributed by atoms with Crippen LogP contribution in [0.3, 0.4) is 0 Å². The van der Waals surface area contributed by atoms with Crippen molar-refractivity contribution in [2.75, 3.05) is 17.9 Å². The Kier molecular flexibility index (Phi) is 6.49. The van der Waals surface area contributed by atoms with Gasteiger partial charge in [0.1, 0.15) is 5.75 Å². The molecule has 2 N–H and O–H groups in total. The molecule has 146 valence electrons. The van der Waals surface area contributed by atoms with Crippen LogP contribution in [0.2, 0.25) is 0 Å². The first kappa shape index (κ1) is 20.8. The van der Waals surface area contributed by atoms with E-state index in [0.29, 0.717) is 18.0 Å². The number of carbonyl (C=O) groups is 1. The van der Waals surface area contributed by atoms with Crippen LogP contribution in [0.15, 0.2) is 53.4 Å². The quantitative estimate of drug-likeness (QED) is 0.759. The Hall–Kier alpha value is -2.54. The third kappa shape index (κ3) is 6.60. The summed E-state index contributed by atoms with van der Waals surface area (Å²) < 4.78 is 33.0. The zero-order valence-electron chi connectivity index (χ0n) is 16.1. The number of rotatable bonds is 7. The van der Waals surface area contributed by atoms with Gasteiger partial charge in [-0.15, -0.1) is 0 Å². The molecular weight excluding hydrogens is 364 g/mol. The van der Waals surface area contributed by atoms with Crippen molar-refractivity contribution in [2.45, 2.75) is 32.6 Å². The predicted molar refractivity (Wildman–Crippen MR) is 106 cm³/mol. The number of benzene rings is 2. The summed E-state index contributed by atoms with van der Waals surface area (Å²) >= 11 is 0. The van der Waals surface area contributed by atoms with Crippen LogP contribution in [0.5, 0.6) is 5.75 Å². The topological polar surface area (TPSA) is 84.5 Å². The molecule has 0 aliphatic carbocycles. The second kappa shape index (κ2) is 8.43. The van der Waals surface area contributed by atoms with E-state index in [9.17, 15) is 13.2 Å². The Morgan fingerprint density at radius 3 is 2.26 bits per heavy atom.